The molecule has 1 N–H and O–H groups in total. The first kappa shape index (κ1) is 18.2. The average molecular weight is 393 g/mol. The van der Waals surface area contributed by atoms with Gasteiger partial charge in [-0.25, -0.2) is 4.79 Å². The summed E-state index contributed by atoms with van der Waals surface area (Å²) in [6, 6.07) is 11.2. The molecule has 6 nitrogen and oxygen atoms in total. The van der Waals surface area contributed by atoms with E-state index in [1.807, 2.05) is 0 Å². The molecule has 1 heterocycles. The SMILES string of the molecule is C[C@@H](OC(=O)c1ccc(Cl)c(Cl)c1)C(=O)N1CC(=O)Nc2ccccc21. The molecule has 0 saturated heterocycles. The molecule has 2 aromatic rings. The lowest BCUT2D eigenvalue weighted by Gasteiger charge is -2.30. The number of carbonyl (C=O) groups excluding carboxylic acids is 3. The summed E-state index contributed by atoms with van der Waals surface area (Å²) in [6.45, 7) is 1.30. The standard InChI is InChI=1S/C18H14Cl2N2O4/c1-10(26-18(25)11-6-7-12(19)13(20)8-11)17(24)22-9-16(23)21-14-4-2-3-5-15(14)22/h2-8,10H,9H2,1H3,(H,21,23)/t10-/m1/s1. The third-order valence-electron chi connectivity index (χ3n) is 3.82. The predicted octanol–water partition coefficient (Wildman–Crippen LogP) is 3.52. The molecule has 8 heteroatoms. The molecular formula is C18H14Cl2N2O4. The van der Waals surface area contributed by atoms with Crippen molar-refractivity contribution in [3.63, 3.8) is 0 Å². The number of halogens is 2. The van der Waals surface area contributed by atoms with Crippen LogP contribution in [-0.2, 0) is 14.3 Å². The van der Waals surface area contributed by atoms with E-state index < -0.39 is 18.0 Å². The van der Waals surface area contributed by atoms with Gasteiger partial charge in [-0.3, -0.25) is 14.5 Å². The maximum atomic E-state index is 12.7. The van der Waals surface area contributed by atoms with E-state index in [1.54, 1.807) is 24.3 Å². The van der Waals surface area contributed by atoms with Crippen LogP contribution in [0.2, 0.25) is 10.0 Å². The van der Waals surface area contributed by atoms with Crippen molar-refractivity contribution in [3.8, 4) is 0 Å². The normalized spacial score (nSPS) is 14.3. The quantitative estimate of drug-likeness (QED) is 0.810. The van der Waals surface area contributed by atoms with Crippen LogP contribution in [-0.4, -0.2) is 30.4 Å². The fourth-order valence-corrected chi connectivity index (χ4v) is 2.85. The minimum absolute atomic E-state index is 0.148. The molecule has 2 amide bonds. The first-order valence-electron chi connectivity index (χ1n) is 7.73. The van der Waals surface area contributed by atoms with Crippen LogP contribution < -0.4 is 10.2 Å². The van der Waals surface area contributed by atoms with Gasteiger partial charge >= 0.3 is 5.97 Å². The van der Waals surface area contributed by atoms with Crippen LogP contribution in [0.15, 0.2) is 42.5 Å². The summed E-state index contributed by atoms with van der Waals surface area (Å²) < 4.78 is 5.23. The smallest absolute Gasteiger partial charge is 0.338 e. The van der Waals surface area contributed by atoms with Gasteiger partial charge in [0.15, 0.2) is 6.10 Å². The van der Waals surface area contributed by atoms with E-state index >= 15 is 0 Å². The molecule has 0 radical (unpaired) electrons. The summed E-state index contributed by atoms with van der Waals surface area (Å²) >= 11 is 11.7. The zero-order valence-electron chi connectivity index (χ0n) is 13.7. The third-order valence-corrected chi connectivity index (χ3v) is 4.56. The summed E-state index contributed by atoms with van der Waals surface area (Å²) in [4.78, 5) is 38.1. The Labute approximate surface area is 159 Å². The third kappa shape index (κ3) is 3.66. The van der Waals surface area contributed by atoms with Gasteiger partial charge in [0, 0.05) is 0 Å². The Kier molecular flexibility index (Phi) is 5.15. The highest BCUT2D eigenvalue weighted by molar-refractivity contribution is 6.42. The fraction of sp³-hybridized carbons (Fsp3) is 0.167. The second-order valence-electron chi connectivity index (χ2n) is 5.67. The van der Waals surface area contributed by atoms with E-state index in [4.69, 9.17) is 27.9 Å². The number of ether oxygens (including phenoxy) is 1. The van der Waals surface area contributed by atoms with E-state index in [2.05, 4.69) is 5.32 Å². The van der Waals surface area contributed by atoms with Crippen molar-refractivity contribution in [2.75, 3.05) is 16.8 Å². The fourth-order valence-electron chi connectivity index (χ4n) is 2.55. The number of hydrogen-bond donors (Lipinski definition) is 1. The van der Waals surface area contributed by atoms with Gasteiger partial charge in [-0.1, -0.05) is 35.3 Å². The number of para-hydroxylation sites is 2. The molecular weight excluding hydrogens is 379 g/mol. The van der Waals surface area contributed by atoms with Crippen molar-refractivity contribution >= 4 is 52.4 Å². The Morgan fingerprint density at radius 1 is 1.15 bits per heavy atom. The van der Waals surface area contributed by atoms with Crippen molar-refractivity contribution < 1.29 is 19.1 Å². The molecule has 0 unspecified atom stereocenters. The number of rotatable bonds is 3. The van der Waals surface area contributed by atoms with Crippen molar-refractivity contribution in [1.29, 1.82) is 0 Å². The summed E-state index contributed by atoms with van der Waals surface area (Å²) in [5.41, 5.74) is 1.26. The van der Waals surface area contributed by atoms with Gasteiger partial charge in [-0.05, 0) is 37.3 Å². The van der Waals surface area contributed by atoms with E-state index in [0.717, 1.165) is 0 Å². The molecule has 1 aliphatic rings. The van der Waals surface area contributed by atoms with Crippen molar-refractivity contribution in [3.05, 3.63) is 58.1 Å². The van der Waals surface area contributed by atoms with E-state index in [9.17, 15) is 14.4 Å². The number of esters is 1. The number of carbonyl (C=O) groups is 3. The lowest BCUT2D eigenvalue weighted by atomic mass is 10.1. The first-order valence-corrected chi connectivity index (χ1v) is 8.48. The number of nitrogens with zero attached hydrogens (tertiary/aromatic N) is 1. The summed E-state index contributed by atoms with van der Waals surface area (Å²) in [7, 11) is 0. The van der Waals surface area contributed by atoms with Gasteiger partial charge in [0.2, 0.25) is 5.91 Å². The van der Waals surface area contributed by atoms with Crippen molar-refractivity contribution in [1.82, 2.24) is 0 Å². The summed E-state index contributed by atoms with van der Waals surface area (Å²) in [5.74, 6) is -1.53. The predicted molar refractivity (Wildman–Crippen MR) is 98.8 cm³/mol. The Morgan fingerprint density at radius 3 is 2.62 bits per heavy atom. The lowest BCUT2D eigenvalue weighted by Crippen LogP contribution is -2.47. The topological polar surface area (TPSA) is 75.7 Å². The van der Waals surface area contributed by atoms with Crippen LogP contribution in [0.5, 0.6) is 0 Å². The molecule has 0 aromatic heterocycles. The Bertz CT molecular complexity index is 901. The lowest BCUT2D eigenvalue weighted by molar-refractivity contribution is -0.128. The largest absolute Gasteiger partial charge is 0.449 e. The molecule has 0 aliphatic carbocycles. The molecule has 26 heavy (non-hydrogen) atoms. The summed E-state index contributed by atoms with van der Waals surface area (Å²) in [5, 5.41) is 3.21. The second-order valence-corrected chi connectivity index (χ2v) is 6.48. The minimum Gasteiger partial charge on any atom is -0.449 e. The van der Waals surface area contributed by atoms with Crippen LogP contribution in [0, 0.1) is 0 Å². The van der Waals surface area contributed by atoms with Crippen molar-refractivity contribution in [2.24, 2.45) is 0 Å². The van der Waals surface area contributed by atoms with Gasteiger partial charge in [0.25, 0.3) is 5.91 Å². The van der Waals surface area contributed by atoms with Gasteiger partial charge in [0.1, 0.15) is 6.54 Å². The maximum Gasteiger partial charge on any atom is 0.338 e. The van der Waals surface area contributed by atoms with Crippen LogP contribution in [0.25, 0.3) is 0 Å². The van der Waals surface area contributed by atoms with Crippen molar-refractivity contribution in [2.45, 2.75) is 13.0 Å². The molecule has 2 aromatic carbocycles. The maximum absolute atomic E-state index is 12.7. The van der Waals surface area contributed by atoms with Gasteiger partial charge < -0.3 is 10.1 Å². The summed E-state index contributed by atoms with van der Waals surface area (Å²) in [6.07, 6.45) is -1.09. The highest BCUT2D eigenvalue weighted by atomic mass is 35.5. The number of hydrogen-bond acceptors (Lipinski definition) is 4. The van der Waals surface area contributed by atoms with E-state index in [0.29, 0.717) is 16.4 Å². The Morgan fingerprint density at radius 2 is 1.88 bits per heavy atom. The Balaban J connectivity index is 1.76. The molecule has 0 fully saturated rings. The van der Waals surface area contributed by atoms with E-state index in [1.165, 1.54) is 30.0 Å². The van der Waals surface area contributed by atoms with Crippen LogP contribution in [0.1, 0.15) is 17.3 Å². The molecule has 0 saturated carbocycles. The second kappa shape index (κ2) is 7.35. The molecule has 0 bridgehead atoms. The molecule has 134 valence electrons. The monoisotopic (exact) mass is 392 g/mol. The average Bonchev–Trinajstić information content (AvgIpc) is 2.62. The number of anilines is 2. The van der Waals surface area contributed by atoms with Crippen LogP contribution >= 0.6 is 23.2 Å². The first-order chi connectivity index (χ1) is 12.4. The highest BCUT2D eigenvalue weighted by Crippen LogP contribution is 2.29. The molecule has 1 atom stereocenters. The van der Waals surface area contributed by atoms with Gasteiger partial charge in [-0.2, -0.15) is 0 Å². The van der Waals surface area contributed by atoms with Gasteiger partial charge in [-0.15, -0.1) is 0 Å². The Hall–Kier alpha value is -2.57. The molecule has 3 rings (SSSR count). The zero-order chi connectivity index (χ0) is 18.8. The van der Waals surface area contributed by atoms with Gasteiger partial charge in [0.05, 0.1) is 27.0 Å². The zero-order valence-corrected chi connectivity index (χ0v) is 15.2. The minimum atomic E-state index is -1.09. The highest BCUT2D eigenvalue weighted by Gasteiger charge is 2.31. The van der Waals surface area contributed by atoms with Crippen LogP contribution in [0.4, 0.5) is 11.4 Å². The van der Waals surface area contributed by atoms with Crippen LogP contribution in [0.3, 0.4) is 0 Å². The number of amides is 2. The molecule has 1 aliphatic heterocycles. The number of benzene rings is 2. The number of fused-ring (bicyclic) bond motifs is 1. The number of nitrogens with one attached hydrogen (secondary N) is 1. The molecule has 0 spiro atoms. The van der Waals surface area contributed by atoms with E-state index in [-0.39, 0.29) is 23.0 Å².